The van der Waals surface area contributed by atoms with Crippen molar-refractivity contribution in [3.05, 3.63) is 29.3 Å². The van der Waals surface area contributed by atoms with Gasteiger partial charge in [0.25, 0.3) is 0 Å². The number of halogens is 1. The summed E-state index contributed by atoms with van der Waals surface area (Å²) in [5, 5.41) is 9.29. The summed E-state index contributed by atoms with van der Waals surface area (Å²) in [6.07, 6.45) is 1.11. The predicted molar refractivity (Wildman–Crippen MR) is 70.6 cm³/mol. The molecule has 1 aromatic carbocycles. The third-order valence-electron chi connectivity index (χ3n) is 3.15. The SMILES string of the molecule is O=C(O)CC1CCCN1S(=O)(=O)c1ccc(Cl)cc1. The van der Waals surface area contributed by atoms with Crippen LogP contribution in [-0.2, 0) is 14.8 Å². The molecule has 0 aliphatic carbocycles. The highest BCUT2D eigenvalue weighted by molar-refractivity contribution is 7.89. The lowest BCUT2D eigenvalue weighted by atomic mass is 10.2. The third-order valence-corrected chi connectivity index (χ3v) is 5.37. The smallest absolute Gasteiger partial charge is 0.304 e. The van der Waals surface area contributed by atoms with E-state index in [-0.39, 0.29) is 11.3 Å². The van der Waals surface area contributed by atoms with Crippen LogP contribution in [0, 0.1) is 0 Å². The van der Waals surface area contributed by atoms with E-state index in [0.29, 0.717) is 24.4 Å². The third kappa shape index (κ3) is 3.08. The van der Waals surface area contributed by atoms with Gasteiger partial charge in [0.1, 0.15) is 0 Å². The van der Waals surface area contributed by atoms with Crippen molar-refractivity contribution >= 4 is 27.6 Å². The van der Waals surface area contributed by atoms with Crippen molar-refractivity contribution in [1.29, 1.82) is 0 Å². The van der Waals surface area contributed by atoms with Crippen LogP contribution in [0.1, 0.15) is 19.3 Å². The zero-order valence-electron chi connectivity index (χ0n) is 10.1. The van der Waals surface area contributed by atoms with E-state index in [0.717, 1.165) is 0 Å². The first-order valence-corrected chi connectivity index (χ1v) is 7.72. The van der Waals surface area contributed by atoms with E-state index in [1.54, 1.807) is 0 Å². The summed E-state index contributed by atoms with van der Waals surface area (Å²) in [5.74, 6) is -0.983. The van der Waals surface area contributed by atoms with Crippen LogP contribution in [0.2, 0.25) is 5.02 Å². The van der Waals surface area contributed by atoms with Gasteiger partial charge in [-0.3, -0.25) is 4.79 Å². The first-order chi connectivity index (χ1) is 8.91. The molecule has 1 unspecified atom stereocenters. The van der Waals surface area contributed by atoms with Gasteiger partial charge in [-0.1, -0.05) is 11.6 Å². The number of aliphatic carboxylic acids is 1. The average molecular weight is 304 g/mol. The molecule has 1 aliphatic heterocycles. The number of hydrogen-bond donors (Lipinski definition) is 1. The molecular weight excluding hydrogens is 290 g/mol. The predicted octanol–water partition coefficient (Wildman–Crippen LogP) is 1.97. The number of nitrogens with zero attached hydrogens (tertiary/aromatic N) is 1. The second kappa shape index (κ2) is 5.48. The van der Waals surface area contributed by atoms with Crippen LogP contribution >= 0.6 is 11.6 Å². The molecular formula is C12H14ClNO4S. The number of hydrogen-bond acceptors (Lipinski definition) is 3. The Hall–Kier alpha value is -1.11. The molecule has 0 amide bonds. The van der Waals surface area contributed by atoms with Crippen LogP contribution in [0.5, 0.6) is 0 Å². The lowest BCUT2D eigenvalue weighted by molar-refractivity contribution is -0.137. The number of carbonyl (C=O) groups is 1. The number of sulfonamides is 1. The van der Waals surface area contributed by atoms with Gasteiger partial charge in [-0.2, -0.15) is 4.31 Å². The number of carboxylic acids is 1. The Bertz CT molecular complexity index is 570. The summed E-state index contributed by atoms with van der Waals surface area (Å²) in [7, 11) is -3.64. The Morgan fingerprint density at radius 1 is 1.37 bits per heavy atom. The highest BCUT2D eigenvalue weighted by Gasteiger charge is 2.36. The Labute approximate surface area is 116 Å². The van der Waals surface area contributed by atoms with Crippen LogP contribution in [0.4, 0.5) is 0 Å². The summed E-state index contributed by atoms with van der Waals surface area (Å²) in [6.45, 7) is 0.364. The minimum atomic E-state index is -3.64. The van der Waals surface area contributed by atoms with E-state index in [1.807, 2.05) is 0 Å². The quantitative estimate of drug-likeness (QED) is 0.923. The maximum absolute atomic E-state index is 12.4. The van der Waals surface area contributed by atoms with E-state index >= 15 is 0 Å². The van der Waals surface area contributed by atoms with Crippen LogP contribution in [0.3, 0.4) is 0 Å². The van der Waals surface area contributed by atoms with Crippen LogP contribution in [0.15, 0.2) is 29.2 Å². The lowest BCUT2D eigenvalue weighted by Crippen LogP contribution is -2.36. The Balaban J connectivity index is 2.28. The highest BCUT2D eigenvalue weighted by atomic mass is 35.5. The van der Waals surface area contributed by atoms with Crippen LogP contribution in [-0.4, -0.2) is 36.4 Å². The highest BCUT2D eigenvalue weighted by Crippen LogP contribution is 2.28. The molecule has 19 heavy (non-hydrogen) atoms. The molecule has 1 aliphatic rings. The van der Waals surface area contributed by atoms with Gasteiger partial charge in [-0.15, -0.1) is 0 Å². The van der Waals surface area contributed by atoms with Gasteiger partial charge in [0.05, 0.1) is 11.3 Å². The van der Waals surface area contributed by atoms with Crippen molar-refractivity contribution < 1.29 is 18.3 Å². The van der Waals surface area contributed by atoms with Gasteiger partial charge in [-0.25, -0.2) is 8.42 Å². The van der Waals surface area contributed by atoms with Gasteiger partial charge in [0, 0.05) is 17.6 Å². The van der Waals surface area contributed by atoms with Crippen molar-refractivity contribution in [3.63, 3.8) is 0 Å². The maximum atomic E-state index is 12.4. The Kier molecular flexibility index (Phi) is 4.13. The number of benzene rings is 1. The van der Waals surface area contributed by atoms with E-state index in [9.17, 15) is 13.2 Å². The molecule has 1 fully saturated rings. The summed E-state index contributed by atoms with van der Waals surface area (Å²) in [4.78, 5) is 10.9. The minimum absolute atomic E-state index is 0.147. The van der Waals surface area contributed by atoms with Crippen LogP contribution in [0.25, 0.3) is 0 Å². The van der Waals surface area contributed by atoms with Crippen molar-refractivity contribution in [2.24, 2.45) is 0 Å². The molecule has 1 saturated heterocycles. The minimum Gasteiger partial charge on any atom is -0.481 e. The normalized spacial score (nSPS) is 20.6. The monoisotopic (exact) mass is 303 g/mol. The number of carboxylic acid groups (broad SMARTS) is 1. The van der Waals surface area contributed by atoms with E-state index in [2.05, 4.69) is 0 Å². The van der Waals surface area contributed by atoms with E-state index in [1.165, 1.54) is 28.6 Å². The van der Waals surface area contributed by atoms with E-state index in [4.69, 9.17) is 16.7 Å². The van der Waals surface area contributed by atoms with Gasteiger partial charge in [-0.05, 0) is 37.1 Å². The molecule has 1 heterocycles. The zero-order chi connectivity index (χ0) is 14.0. The molecule has 5 nitrogen and oxygen atoms in total. The fraction of sp³-hybridized carbons (Fsp3) is 0.417. The van der Waals surface area contributed by atoms with Crippen molar-refractivity contribution in [1.82, 2.24) is 4.31 Å². The molecule has 0 aromatic heterocycles. The molecule has 1 aromatic rings. The molecule has 104 valence electrons. The second-order valence-corrected chi connectivity index (χ2v) is 6.79. The summed E-state index contributed by atoms with van der Waals surface area (Å²) >= 11 is 5.73. The van der Waals surface area contributed by atoms with E-state index < -0.39 is 22.0 Å². The molecule has 0 saturated carbocycles. The fourth-order valence-corrected chi connectivity index (χ4v) is 4.09. The Morgan fingerprint density at radius 3 is 2.58 bits per heavy atom. The largest absolute Gasteiger partial charge is 0.481 e. The molecule has 1 atom stereocenters. The maximum Gasteiger partial charge on any atom is 0.304 e. The van der Waals surface area contributed by atoms with Gasteiger partial charge < -0.3 is 5.11 Å². The molecule has 2 rings (SSSR count). The second-order valence-electron chi connectivity index (χ2n) is 4.46. The van der Waals surface area contributed by atoms with Crippen LogP contribution < -0.4 is 0 Å². The summed E-state index contributed by atoms with van der Waals surface area (Å²) in [6, 6.07) is 5.44. The Morgan fingerprint density at radius 2 is 2.00 bits per heavy atom. The first kappa shape index (κ1) is 14.3. The average Bonchev–Trinajstić information content (AvgIpc) is 2.77. The van der Waals surface area contributed by atoms with Gasteiger partial charge in [0.15, 0.2) is 0 Å². The molecule has 0 spiro atoms. The fourth-order valence-electron chi connectivity index (χ4n) is 2.27. The van der Waals surface area contributed by atoms with Gasteiger partial charge in [0.2, 0.25) is 10.0 Å². The zero-order valence-corrected chi connectivity index (χ0v) is 11.7. The molecule has 7 heteroatoms. The summed E-state index contributed by atoms with van der Waals surface area (Å²) in [5.41, 5.74) is 0. The summed E-state index contributed by atoms with van der Waals surface area (Å²) < 4.78 is 26.1. The van der Waals surface area contributed by atoms with Gasteiger partial charge >= 0.3 is 5.97 Å². The van der Waals surface area contributed by atoms with Crippen molar-refractivity contribution in [2.45, 2.75) is 30.2 Å². The standard InChI is InChI=1S/C12H14ClNO4S/c13-9-3-5-11(6-4-9)19(17,18)14-7-1-2-10(14)8-12(15)16/h3-6,10H,1-2,7-8H2,(H,15,16). The molecule has 0 bridgehead atoms. The first-order valence-electron chi connectivity index (χ1n) is 5.90. The van der Waals surface area contributed by atoms with Crippen molar-refractivity contribution in [2.75, 3.05) is 6.54 Å². The lowest BCUT2D eigenvalue weighted by Gasteiger charge is -2.22. The molecule has 0 radical (unpaired) electrons. The number of rotatable bonds is 4. The molecule has 1 N–H and O–H groups in total. The topological polar surface area (TPSA) is 74.7 Å². The van der Waals surface area contributed by atoms with Crippen molar-refractivity contribution in [3.8, 4) is 0 Å².